The molecule has 2 aromatic carbocycles. The number of benzene rings is 2. The Morgan fingerprint density at radius 3 is 2.17 bits per heavy atom. The van der Waals surface area contributed by atoms with Crippen molar-refractivity contribution >= 4 is 33.0 Å². The van der Waals surface area contributed by atoms with Crippen LogP contribution in [0.2, 0.25) is 0 Å². The number of unbranched alkanes of at least 4 members (excludes halogenated alkanes) is 1. The maximum absolute atomic E-state index is 11.5. The van der Waals surface area contributed by atoms with Gasteiger partial charge in [-0.15, -0.1) is 0 Å². The minimum Gasteiger partial charge on any atom is -0.372 e. The van der Waals surface area contributed by atoms with Gasteiger partial charge in [0.1, 0.15) is 12.4 Å². The van der Waals surface area contributed by atoms with Gasteiger partial charge in [-0.1, -0.05) is 67.2 Å². The summed E-state index contributed by atoms with van der Waals surface area (Å²) >= 11 is 0. The highest BCUT2D eigenvalue weighted by Crippen LogP contribution is 2.28. The van der Waals surface area contributed by atoms with Crippen molar-refractivity contribution < 1.29 is 17.9 Å². The first kappa shape index (κ1) is 29.0. The summed E-state index contributed by atoms with van der Waals surface area (Å²) < 4.78 is 29.4. The molecule has 0 saturated carbocycles. The summed E-state index contributed by atoms with van der Waals surface area (Å²) in [6.45, 7) is 11.1. The Bertz CT molecular complexity index is 1160. The summed E-state index contributed by atoms with van der Waals surface area (Å²) in [7, 11) is -3.57. The van der Waals surface area contributed by atoms with Gasteiger partial charge < -0.3 is 9.64 Å². The molecular formula is C28H37N3O4S. The Balaban J connectivity index is 2.15. The van der Waals surface area contributed by atoms with E-state index in [1.807, 2.05) is 41.1 Å². The van der Waals surface area contributed by atoms with Gasteiger partial charge in [-0.25, -0.2) is 13.4 Å². The Morgan fingerprint density at radius 1 is 1.06 bits per heavy atom. The fourth-order valence-electron chi connectivity index (χ4n) is 3.65. The van der Waals surface area contributed by atoms with Crippen LogP contribution in [0.5, 0.6) is 0 Å². The number of sulfonamides is 1. The highest BCUT2D eigenvalue weighted by Gasteiger charge is 2.15. The summed E-state index contributed by atoms with van der Waals surface area (Å²) in [5.74, 6) is 0.115. The van der Waals surface area contributed by atoms with Crippen LogP contribution >= 0.6 is 0 Å². The minimum atomic E-state index is -3.57. The largest absolute Gasteiger partial charge is 0.372 e. The van der Waals surface area contributed by atoms with E-state index in [1.165, 1.54) is 0 Å². The molecule has 0 saturated heterocycles. The van der Waals surface area contributed by atoms with Crippen LogP contribution in [-0.4, -0.2) is 57.1 Å². The van der Waals surface area contributed by atoms with E-state index >= 15 is 0 Å². The third kappa shape index (κ3) is 9.79. The molecule has 0 aliphatic heterocycles. The third-order valence-electron chi connectivity index (χ3n) is 5.41. The van der Waals surface area contributed by atoms with Gasteiger partial charge in [0, 0.05) is 24.8 Å². The van der Waals surface area contributed by atoms with Crippen molar-refractivity contribution in [1.82, 2.24) is 9.62 Å². The highest BCUT2D eigenvalue weighted by atomic mass is 32.2. The topological polar surface area (TPSA) is 88.1 Å². The molecule has 36 heavy (non-hydrogen) atoms. The van der Waals surface area contributed by atoms with E-state index in [9.17, 15) is 13.2 Å². The molecule has 0 spiro atoms. The number of nitrogens with one attached hydrogen (secondary N) is 1. The van der Waals surface area contributed by atoms with E-state index in [-0.39, 0.29) is 12.6 Å². The molecule has 0 unspecified atom stereocenters. The molecule has 0 aromatic heterocycles. The number of carbonyl (C=O) groups is 1. The maximum atomic E-state index is 11.5. The minimum absolute atomic E-state index is 0.192. The molecule has 0 aliphatic carbocycles. The fraction of sp³-hybridized carbons (Fsp3) is 0.357. The van der Waals surface area contributed by atoms with E-state index in [4.69, 9.17) is 9.73 Å². The lowest BCUT2D eigenvalue weighted by molar-refractivity contribution is -0.123. The number of ether oxygens (including phenoxy) is 1. The second-order valence-electron chi connectivity index (χ2n) is 8.72. The molecule has 0 heterocycles. The van der Waals surface area contributed by atoms with Gasteiger partial charge >= 0.3 is 0 Å². The fourth-order valence-corrected chi connectivity index (χ4v) is 4.12. The number of aliphatic imine (C=N–C) groups is 1. The first-order valence-electron chi connectivity index (χ1n) is 12.0. The molecule has 0 fully saturated rings. The first-order chi connectivity index (χ1) is 17.1. The van der Waals surface area contributed by atoms with E-state index in [0.29, 0.717) is 13.0 Å². The van der Waals surface area contributed by atoms with Crippen LogP contribution in [0.15, 0.2) is 78.3 Å². The van der Waals surface area contributed by atoms with E-state index in [0.717, 1.165) is 47.5 Å². The second-order valence-corrected chi connectivity index (χ2v) is 10.5. The zero-order valence-electron chi connectivity index (χ0n) is 21.6. The lowest BCUT2D eigenvalue weighted by atomic mass is 10.0. The zero-order valence-corrected chi connectivity index (χ0v) is 22.4. The van der Waals surface area contributed by atoms with Gasteiger partial charge in [-0.2, -0.15) is 0 Å². The van der Waals surface area contributed by atoms with Gasteiger partial charge in [-0.3, -0.25) is 9.52 Å². The van der Waals surface area contributed by atoms with E-state index < -0.39 is 15.9 Å². The van der Waals surface area contributed by atoms with Gasteiger partial charge in [-0.05, 0) is 50.8 Å². The number of hydrogen-bond acceptors (Lipinski definition) is 5. The van der Waals surface area contributed by atoms with Crippen molar-refractivity contribution in [3.63, 3.8) is 0 Å². The molecule has 194 valence electrons. The number of allylic oxidation sites excluding steroid dienone is 1. The van der Waals surface area contributed by atoms with Crippen LogP contribution in [0.3, 0.4) is 0 Å². The smallest absolute Gasteiger partial charge is 0.259 e. The summed E-state index contributed by atoms with van der Waals surface area (Å²) in [6, 6.07) is 20.5. The van der Waals surface area contributed by atoms with Crippen LogP contribution in [-0.2, 0) is 19.6 Å². The standard InChI is InChI=1S/C28H37N3O4S/c1-6-26(31(22(2)3)19-13-14-20-35-21-27(32)30-36(5,33)34)29-28(25-17-11-8-12-18-25)23(4)24-15-9-7-10-16-24/h6-12,15-18,22H,1,13-14,19-21H2,2-5H3,(H,30,32)/b28-23+,29-26+. The van der Waals surface area contributed by atoms with Crippen LogP contribution in [0, 0.1) is 0 Å². The molecule has 8 heteroatoms. The number of hydrogen-bond donors (Lipinski definition) is 1. The van der Waals surface area contributed by atoms with E-state index in [1.54, 1.807) is 6.08 Å². The molecular weight excluding hydrogens is 474 g/mol. The monoisotopic (exact) mass is 511 g/mol. The maximum Gasteiger partial charge on any atom is 0.259 e. The summed E-state index contributed by atoms with van der Waals surface area (Å²) in [4.78, 5) is 18.8. The second kappa shape index (κ2) is 14.4. The normalized spacial score (nSPS) is 12.8. The van der Waals surface area contributed by atoms with Gasteiger partial charge in [0.2, 0.25) is 10.0 Å². The van der Waals surface area contributed by atoms with Crippen LogP contribution in [0.4, 0.5) is 0 Å². The van der Waals surface area contributed by atoms with E-state index in [2.05, 4.69) is 56.5 Å². The molecule has 0 aliphatic rings. The Morgan fingerprint density at radius 2 is 1.64 bits per heavy atom. The van der Waals surface area contributed by atoms with Crippen LogP contribution in [0.25, 0.3) is 11.3 Å². The SMILES string of the molecule is C=C/C(=N\C(=C(/C)c1ccccc1)c1ccccc1)N(CCCCOCC(=O)NS(C)(=O)=O)C(C)C. The first-order valence-corrected chi connectivity index (χ1v) is 13.9. The Kier molecular flexibility index (Phi) is 11.6. The van der Waals surface area contributed by atoms with Crippen molar-refractivity contribution in [3.8, 4) is 0 Å². The lowest BCUT2D eigenvalue weighted by Crippen LogP contribution is -2.37. The van der Waals surface area contributed by atoms with Crippen LogP contribution < -0.4 is 4.72 Å². The summed E-state index contributed by atoms with van der Waals surface area (Å²) in [6.07, 6.45) is 4.24. The van der Waals surface area contributed by atoms with Gasteiger partial charge in [0.15, 0.2) is 0 Å². The Hall–Kier alpha value is -3.23. The average Bonchev–Trinajstić information content (AvgIpc) is 2.84. The number of nitrogens with zero attached hydrogens (tertiary/aromatic N) is 2. The zero-order chi connectivity index (χ0) is 26.6. The molecule has 7 nitrogen and oxygen atoms in total. The average molecular weight is 512 g/mol. The number of amides is 1. The third-order valence-corrected chi connectivity index (χ3v) is 6.00. The van der Waals surface area contributed by atoms with Crippen molar-refractivity contribution in [2.45, 2.75) is 39.7 Å². The quantitative estimate of drug-likeness (QED) is 0.182. The summed E-state index contributed by atoms with van der Waals surface area (Å²) in [5.41, 5.74) is 4.10. The van der Waals surface area contributed by atoms with Crippen molar-refractivity contribution in [2.75, 3.05) is 26.0 Å². The summed E-state index contributed by atoms with van der Waals surface area (Å²) in [5, 5.41) is 0. The van der Waals surface area contributed by atoms with Crippen molar-refractivity contribution in [3.05, 3.63) is 84.4 Å². The molecule has 0 bridgehead atoms. The number of rotatable bonds is 13. The molecule has 2 aromatic rings. The molecule has 2 rings (SSSR count). The molecule has 1 N–H and O–H groups in total. The van der Waals surface area contributed by atoms with Crippen LogP contribution in [0.1, 0.15) is 44.7 Å². The van der Waals surface area contributed by atoms with Crippen molar-refractivity contribution in [1.29, 1.82) is 0 Å². The van der Waals surface area contributed by atoms with Gasteiger partial charge in [0.25, 0.3) is 5.91 Å². The predicted octanol–water partition coefficient (Wildman–Crippen LogP) is 4.74. The molecule has 1 amide bonds. The predicted molar refractivity (Wildman–Crippen MR) is 148 cm³/mol. The Labute approximate surface area is 215 Å². The lowest BCUT2D eigenvalue weighted by Gasteiger charge is -2.29. The number of carbonyl (C=O) groups excluding carboxylic acids is 1. The van der Waals surface area contributed by atoms with Crippen molar-refractivity contribution in [2.24, 2.45) is 4.99 Å². The van der Waals surface area contributed by atoms with Gasteiger partial charge in [0.05, 0.1) is 12.0 Å². The molecule has 0 atom stereocenters. The molecule has 0 radical (unpaired) electrons. The number of amidine groups is 1. The highest BCUT2D eigenvalue weighted by molar-refractivity contribution is 7.89.